The zero-order valence-corrected chi connectivity index (χ0v) is 13.9. The van der Waals surface area contributed by atoms with Crippen molar-refractivity contribution in [2.24, 2.45) is 7.05 Å². The second-order valence-corrected chi connectivity index (χ2v) is 5.35. The Labute approximate surface area is 141 Å². The summed E-state index contributed by atoms with van der Waals surface area (Å²) in [6.45, 7) is 0.488. The van der Waals surface area contributed by atoms with Crippen LogP contribution >= 0.6 is 0 Å². The lowest BCUT2D eigenvalue weighted by Crippen LogP contribution is -2.37. The highest BCUT2D eigenvalue weighted by Gasteiger charge is 2.16. The molecule has 1 heterocycles. The molecule has 0 fully saturated rings. The molecule has 1 aromatic heterocycles. The van der Waals surface area contributed by atoms with Crippen LogP contribution in [0.1, 0.15) is 22.3 Å². The number of carbonyl (C=O) groups is 2. The van der Waals surface area contributed by atoms with Crippen LogP contribution in [0.15, 0.2) is 36.5 Å². The van der Waals surface area contributed by atoms with Crippen LogP contribution in [0, 0.1) is 0 Å². The fourth-order valence-corrected chi connectivity index (χ4v) is 2.26. The molecule has 0 aliphatic rings. The van der Waals surface area contributed by atoms with Gasteiger partial charge >= 0.3 is 0 Å². The van der Waals surface area contributed by atoms with Gasteiger partial charge in [-0.3, -0.25) is 14.3 Å². The molecule has 2 rings (SSSR count). The maximum atomic E-state index is 12.0. The van der Waals surface area contributed by atoms with Crippen LogP contribution in [0.5, 0.6) is 5.88 Å². The van der Waals surface area contributed by atoms with Gasteiger partial charge in [0.2, 0.25) is 11.8 Å². The molecule has 0 unspecified atom stereocenters. The SMILES string of the molecule is COc1nn(C)cc1C(=O)NCC(=O)NCCCc1ccccc1. The summed E-state index contributed by atoms with van der Waals surface area (Å²) in [5, 5.41) is 9.35. The first-order valence-electron chi connectivity index (χ1n) is 7.76. The molecule has 0 bridgehead atoms. The Hall–Kier alpha value is -2.83. The molecule has 0 radical (unpaired) electrons. The fraction of sp³-hybridized carbons (Fsp3) is 0.353. The standard InChI is InChI=1S/C17H22N4O3/c1-21-12-14(17(20-21)24-2)16(23)19-11-15(22)18-10-6-9-13-7-4-3-5-8-13/h3-5,7-8,12H,6,9-11H2,1-2H3,(H,18,22)(H,19,23). The van der Waals surface area contributed by atoms with Gasteiger partial charge in [0.25, 0.3) is 5.91 Å². The van der Waals surface area contributed by atoms with Crippen molar-refractivity contribution in [2.75, 3.05) is 20.2 Å². The highest BCUT2D eigenvalue weighted by Crippen LogP contribution is 2.13. The molecule has 0 saturated carbocycles. The van der Waals surface area contributed by atoms with Crippen LogP contribution in [-0.4, -0.2) is 41.8 Å². The van der Waals surface area contributed by atoms with Crippen molar-refractivity contribution >= 4 is 11.8 Å². The van der Waals surface area contributed by atoms with Gasteiger partial charge in [0.15, 0.2) is 0 Å². The fourth-order valence-electron chi connectivity index (χ4n) is 2.26. The van der Waals surface area contributed by atoms with Crippen molar-refractivity contribution in [1.29, 1.82) is 0 Å². The molecule has 0 saturated heterocycles. The quantitative estimate of drug-likeness (QED) is 0.705. The molecule has 128 valence electrons. The predicted octanol–water partition coefficient (Wildman–Crippen LogP) is 0.908. The number of nitrogens with zero attached hydrogens (tertiary/aromatic N) is 2. The van der Waals surface area contributed by atoms with E-state index in [1.54, 1.807) is 13.2 Å². The summed E-state index contributed by atoms with van der Waals surface area (Å²) >= 11 is 0. The van der Waals surface area contributed by atoms with Crippen LogP contribution in [0.4, 0.5) is 0 Å². The first kappa shape index (κ1) is 17.5. The van der Waals surface area contributed by atoms with E-state index >= 15 is 0 Å². The number of aryl methyl sites for hydroxylation is 2. The molecule has 2 aromatic rings. The Bertz CT molecular complexity index is 682. The van der Waals surface area contributed by atoms with E-state index in [2.05, 4.69) is 27.9 Å². The molecule has 1 aromatic carbocycles. The second kappa shape index (κ2) is 8.71. The summed E-state index contributed by atoms with van der Waals surface area (Å²) in [5.41, 5.74) is 1.54. The van der Waals surface area contributed by atoms with Gasteiger partial charge < -0.3 is 15.4 Å². The number of methoxy groups -OCH3 is 1. The van der Waals surface area contributed by atoms with Crippen molar-refractivity contribution in [1.82, 2.24) is 20.4 Å². The second-order valence-electron chi connectivity index (χ2n) is 5.35. The molecular weight excluding hydrogens is 308 g/mol. The third-order valence-corrected chi connectivity index (χ3v) is 3.45. The first-order valence-corrected chi connectivity index (χ1v) is 7.76. The van der Waals surface area contributed by atoms with Crippen LogP contribution in [-0.2, 0) is 18.3 Å². The number of amides is 2. The highest BCUT2D eigenvalue weighted by molar-refractivity contribution is 5.98. The van der Waals surface area contributed by atoms with Crippen molar-refractivity contribution in [2.45, 2.75) is 12.8 Å². The molecule has 0 aliphatic heterocycles. The van der Waals surface area contributed by atoms with E-state index in [4.69, 9.17) is 4.74 Å². The van der Waals surface area contributed by atoms with Crippen molar-refractivity contribution < 1.29 is 14.3 Å². The number of aromatic nitrogens is 2. The minimum Gasteiger partial charge on any atom is -0.479 e. The molecular formula is C17H22N4O3. The minimum absolute atomic E-state index is 0.0811. The number of ether oxygens (including phenoxy) is 1. The number of nitrogens with one attached hydrogen (secondary N) is 2. The number of carbonyl (C=O) groups excluding carboxylic acids is 2. The van der Waals surface area contributed by atoms with Gasteiger partial charge in [0.1, 0.15) is 5.56 Å². The first-order chi connectivity index (χ1) is 11.6. The normalized spacial score (nSPS) is 10.2. The van der Waals surface area contributed by atoms with Crippen molar-refractivity contribution in [3.05, 3.63) is 47.7 Å². The van der Waals surface area contributed by atoms with E-state index in [-0.39, 0.29) is 24.2 Å². The molecule has 2 amide bonds. The topological polar surface area (TPSA) is 85.2 Å². The van der Waals surface area contributed by atoms with E-state index < -0.39 is 0 Å². The van der Waals surface area contributed by atoms with Gasteiger partial charge in [-0.1, -0.05) is 30.3 Å². The lowest BCUT2D eigenvalue weighted by atomic mass is 10.1. The lowest BCUT2D eigenvalue weighted by Gasteiger charge is -2.07. The number of benzene rings is 1. The summed E-state index contributed by atoms with van der Waals surface area (Å²) in [4.78, 5) is 23.8. The highest BCUT2D eigenvalue weighted by atomic mass is 16.5. The maximum absolute atomic E-state index is 12.0. The van der Waals surface area contributed by atoms with E-state index in [9.17, 15) is 9.59 Å². The Morgan fingerprint density at radius 2 is 1.96 bits per heavy atom. The summed E-state index contributed by atoms with van der Waals surface area (Å²) in [6.07, 6.45) is 3.30. The smallest absolute Gasteiger partial charge is 0.258 e. The lowest BCUT2D eigenvalue weighted by molar-refractivity contribution is -0.120. The van der Waals surface area contributed by atoms with Crippen LogP contribution < -0.4 is 15.4 Å². The molecule has 7 nitrogen and oxygen atoms in total. The average molecular weight is 330 g/mol. The molecule has 0 atom stereocenters. The molecule has 2 N–H and O–H groups in total. The average Bonchev–Trinajstić information content (AvgIpc) is 2.98. The Morgan fingerprint density at radius 3 is 2.67 bits per heavy atom. The molecule has 0 aliphatic carbocycles. The summed E-state index contributed by atoms with van der Waals surface area (Å²) in [6, 6.07) is 10.1. The van der Waals surface area contributed by atoms with E-state index in [0.717, 1.165) is 12.8 Å². The zero-order valence-electron chi connectivity index (χ0n) is 13.9. The number of hydrogen-bond acceptors (Lipinski definition) is 4. The van der Waals surface area contributed by atoms with E-state index in [1.807, 2.05) is 18.2 Å². The van der Waals surface area contributed by atoms with Gasteiger partial charge in [-0.15, -0.1) is 5.10 Å². The predicted molar refractivity (Wildman–Crippen MR) is 89.9 cm³/mol. The summed E-state index contributed by atoms with van der Waals surface area (Å²) < 4.78 is 6.51. The number of rotatable bonds is 8. The van der Waals surface area contributed by atoms with E-state index in [0.29, 0.717) is 12.1 Å². The molecule has 0 spiro atoms. The van der Waals surface area contributed by atoms with Crippen LogP contribution in [0.2, 0.25) is 0 Å². The summed E-state index contributed by atoms with van der Waals surface area (Å²) in [7, 11) is 3.14. The van der Waals surface area contributed by atoms with Gasteiger partial charge in [-0.05, 0) is 18.4 Å². The third-order valence-electron chi connectivity index (χ3n) is 3.45. The Morgan fingerprint density at radius 1 is 1.21 bits per heavy atom. The van der Waals surface area contributed by atoms with Crippen molar-refractivity contribution in [3.8, 4) is 5.88 Å². The minimum atomic E-state index is -0.389. The van der Waals surface area contributed by atoms with Gasteiger partial charge in [0.05, 0.1) is 13.7 Å². The van der Waals surface area contributed by atoms with Gasteiger partial charge in [-0.25, -0.2) is 0 Å². The van der Waals surface area contributed by atoms with Crippen LogP contribution in [0.25, 0.3) is 0 Å². The Kier molecular flexibility index (Phi) is 6.36. The number of hydrogen-bond donors (Lipinski definition) is 2. The summed E-state index contributed by atoms with van der Waals surface area (Å²) in [5.74, 6) is -0.378. The zero-order chi connectivity index (χ0) is 17.4. The largest absolute Gasteiger partial charge is 0.479 e. The van der Waals surface area contributed by atoms with E-state index in [1.165, 1.54) is 17.4 Å². The monoisotopic (exact) mass is 330 g/mol. The third kappa shape index (κ3) is 5.12. The Balaban J connectivity index is 1.68. The van der Waals surface area contributed by atoms with Gasteiger partial charge in [0, 0.05) is 19.8 Å². The molecule has 7 heteroatoms. The van der Waals surface area contributed by atoms with Crippen molar-refractivity contribution in [3.63, 3.8) is 0 Å². The van der Waals surface area contributed by atoms with Crippen LogP contribution in [0.3, 0.4) is 0 Å². The van der Waals surface area contributed by atoms with Gasteiger partial charge in [-0.2, -0.15) is 0 Å². The maximum Gasteiger partial charge on any atom is 0.258 e. The molecule has 24 heavy (non-hydrogen) atoms.